The Hall–Kier alpha value is -3.24. The van der Waals surface area contributed by atoms with Crippen LogP contribution in [0.2, 0.25) is 0 Å². The van der Waals surface area contributed by atoms with Gasteiger partial charge in [-0.2, -0.15) is 0 Å². The van der Waals surface area contributed by atoms with E-state index in [2.05, 4.69) is 95.1 Å². The highest BCUT2D eigenvalue weighted by Gasteiger charge is 2.22. The molecule has 35 heavy (non-hydrogen) atoms. The van der Waals surface area contributed by atoms with Crippen LogP contribution < -0.4 is 0 Å². The molecule has 3 aromatic carbocycles. The van der Waals surface area contributed by atoms with Gasteiger partial charge in [0.15, 0.2) is 0 Å². The number of hydrogen-bond acceptors (Lipinski definition) is 4. The third-order valence-corrected chi connectivity index (χ3v) is 8.24. The van der Waals surface area contributed by atoms with Crippen molar-refractivity contribution in [2.45, 2.75) is 53.4 Å². The topological polar surface area (TPSA) is 38.9 Å². The first-order chi connectivity index (χ1) is 16.7. The molecule has 6 aromatic rings. The van der Waals surface area contributed by atoms with Gasteiger partial charge in [0, 0.05) is 20.5 Å². The van der Waals surface area contributed by atoms with Crippen LogP contribution in [-0.4, -0.2) is 9.97 Å². The molecule has 4 heteroatoms. The van der Waals surface area contributed by atoms with Crippen LogP contribution in [0.1, 0.15) is 50.6 Å². The van der Waals surface area contributed by atoms with Gasteiger partial charge in [0.25, 0.3) is 0 Å². The van der Waals surface area contributed by atoms with E-state index in [1.165, 1.54) is 36.9 Å². The largest absolute Gasteiger partial charge is 0.438 e. The lowest BCUT2D eigenvalue weighted by Crippen LogP contribution is -2.12. The smallest absolute Gasteiger partial charge is 0.230 e. The average Bonchev–Trinajstić information content (AvgIpc) is 3.32. The SMILES string of the molecule is Cc1c(CC(C)C)sc2cc3c(cc12)oc1ncnc(-c2cc(C(C)(C)C)c4ccccc4c2)c13. The van der Waals surface area contributed by atoms with Crippen molar-refractivity contribution in [1.29, 1.82) is 0 Å². The first-order valence-corrected chi connectivity index (χ1v) is 13.1. The molecule has 3 aromatic heterocycles. The van der Waals surface area contributed by atoms with E-state index in [0.717, 1.165) is 34.0 Å². The molecule has 0 aliphatic rings. The molecule has 176 valence electrons. The lowest BCUT2D eigenvalue weighted by Gasteiger charge is -2.22. The van der Waals surface area contributed by atoms with Crippen LogP contribution >= 0.6 is 11.3 Å². The van der Waals surface area contributed by atoms with Crippen molar-refractivity contribution >= 4 is 54.3 Å². The number of aromatic nitrogens is 2. The maximum Gasteiger partial charge on any atom is 0.230 e. The first kappa shape index (κ1) is 22.2. The van der Waals surface area contributed by atoms with Crippen LogP contribution in [0.4, 0.5) is 0 Å². The highest BCUT2D eigenvalue weighted by Crippen LogP contribution is 2.42. The molecule has 0 radical (unpaired) electrons. The normalized spacial score (nSPS) is 12.7. The van der Waals surface area contributed by atoms with Crippen molar-refractivity contribution in [2.75, 3.05) is 0 Å². The Morgan fingerprint density at radius 3 is 2.51 bits per heavy atom. The molecule has 0 saturated carbocycles. The van der Waals surface area contributed by atoms with E-state index in [0.29, 0.717) is 11.6 Å². The fourth-order valence-electron chi connectivity index (χ4n) is 5.22. The van der Waals surface area contributed by atoms with Gasteiger partial charge in [-0.1, -0.05) is 58.9 Å². The Kier molecular flexibility index (Phi) is 5.01. The Morgan fingerprint density at radius 2 is 1.74 bits per heavy atom. The first-order valence-electron chi connectivity index (χ1n) is 12.3. The van der Waals surface area contributed by atoms with E-state index in [1.807, 2.05) is 11.3 Å². The zero-order chi connectivity index (χ0) is 24.5. The minimum absolute atomic E-state index is 0.00764. The molecule has 0 fully saturated rings. The average molecular weight is 479 g/mol. The van der Waals surface area contributed by atoms with Crippen LogP contribution in [0.3, 0.4) is 0 Å². The molecule has 0 N–H and O–H groups in total. The Balaban J connectivity index is 1.64. The summed E-state index contributed by atoms with van der Waals surface area (Å²) >= 11 is 1.91. The van der Waals surface area contributed by atoms with Crippen LogP contribution in [0, 0.1) is 12.8 Å². The van der Waals surface area contributed by atoms with Gasteiger partial charge < -0.3 is 4.42 Å². The third-order valence-electron chi connectivity index (χ3n) is 6.96. The molecule has 0 saturated heterocycles. The van der Waals surface area contributed by atoms with E-state index in [9.17, 15) is 0 Å². The van der Waals surface area contributed by atoms with Crippen LogP contribution in [0.25, 0.3) is 54.2 Å². The lowest BCUT2D eigenvalue weighted by molar-refractivity contribution is 0.596. The Labute approximate surface area is 209 Å². The number of rotatable bonds is 3. The highest BCUT2D eigenvalue weighted by molar-refractivity contribution is 7.19. The predicted octanol–water partition coefficient (Wildman–Crippen LogP) is 9.22. The standard InChI is InChI=1S/C31H30N2OS/c1-17(2)11-26-18(3)22-14-25-23(15-27(22)35-26)28-29(32-16-33-30(28)34-25)20-12-19-9-7-8-10-21(19)24(13-20)31(4,5)6/h7-10,12-17H,11H2,1-6H3. The summed E-state index contributed by atoms with van der Waals surface area (Å²) in [4.78, 5) is 10.8. The van der Waals surface area contributed by atoms with E-state index in [-0.39, 0.29) is 5.41 Å². The number of furan rings is 1. The summed E-state index contributed by atoms with van der Waals surface area (Å²) in [6.45, 7) is 13.6. The minimum Gasteiger partial charge on any atom is -0.438 e. The lowest BCUT2D eigenvalue weighted by atomic mass is 9.82. The van der Waals surface area contributed by atoms with Gasteiger partial charge in [0.1, 0.15) is 11.9 Å². The molecule has 0 aliphatic carbocycles. The van der Waals surface area contributed by atoms with Crippen molar-refractivity contribution in [2.24, 2.45) is 5.92 Å². The number of nitrogens with zero attached hydrogens (tertiary/aromatic N) is 2. The fourth-order valence-corrected chi connectivity index (χ4v) is 6.67. The number of thiophene rings is 1. The number of hydrogen-bond donors (Lipinski definition) is 0. The van der Waals surface area contributed by atoms with E-state index in [4.69, 9.17) is 9.40 Å². The molecule has 0 bridgehead atoms. The molecule has 0 unspecified atom stereocenters. The molecule has 0 atom stereocenters. The monoisotopic (exact) mass is 478 g/mol. The molecule has 3 nitrogen and oxygen atoms in total. The zero-order valence-electron chi connectivity index (χ0n) is 21.2. The van der Waals surface area contributed by atoms with Gasteiger partial charge >= 0.3 is 0 Å². The summed E-state index contributed by atoms with van der Waals surface area (Å²) < 4.78 is 7.61. The van der Waals surface area contributed by atoms with Crippen molar-refractivity contribution in [1.82, 2.24) is 9.97 Å². The number of aryl methyl sites for hydroxylation is 1. The van der Waals surface area contributed by atoms with E-state index >= 15 is 0 Å². The van der Waals surface area contributed by atoms with E-state index in [1.54, 1.807) is 6.33 Å². The minimum atomic E-state index is 0.00764. The summed E-state index contributed by atoms with van der Waals surface area (Å²) in [5.41, 5.74) is 6.26. The maximum absolute atomic E-state index is 6.31. The van der Waals surface area contributed by atoms with Crippen LogP contribution in [-0.2, 0) is 11.8 Å². The molecular formula is C31H30N2OS. The van der Waals surface area contributed by atoms with Gasteiger partial charge in [0.05, 0.1) is 11.1 Å². The van der Waals surface area contributed by atoms with Gasteiger partial charge in [-0.15, -0.1) is 11.3 Å². The predicted molar refractivity (Wildman–Crippen MR) is 150 cm³/mol. The summed E-state index contributed by atoms with van der Waals surface area (Å²) in [5, 5.41) is 5.89. The number of fused-ring (bicyclic) bond motifs is 5. The summed E-state index contributed by atoms with van der Waals surface area (Å²) in [7, 11) is 0. The van der Waals surface area contributed by atoms with Crippen molar-refractivity contribution in [3.05, 3.63) is 70.9 Å². The van der Waals surface area contributed by atoms with E-state index < -0.39 is 0 Å². The third kappa shape index (κ3) is 3.63. The van der Waals surface area contributed by atoms with Gasteiger partial charge in [-0.25, -0.2) is 9.97 Å². The molecular weight excluding hydrogens is 448 g/mol. The molecule has 6 rings (SSSR count). The van der Waals surface area contributed by atoms with Crippen LogP contribution in [0.5, 0.6) is 0 Å². The van der Waals surface area contributed by atoms with Crippen molar-refractivity contribution < 1.29 is 4.42 Å². The van der Waals surface area contributed by atoms with Gasteiger partial charge in [-0.05, 0) is 76.2 Å². The Bertz CT molecular complexity index is 1750. The maximum atomic E-state index is 6.31. The van der Waals surface area contributed by atoms with Gasteiger partial charge in [0.2, 0.25) is 5.71 Å². The Morgan fingerprint density at radius 1 is 0.943 bits per heavy atom. The quantitative estimate of drug-likeness (QED) is 0.254. The number of benzene rings is 3. The second kappa shape index (κ2) is 7.89. The van der Waals surface area contributed by atoms with Crippen molar-refractivity contribution in [3.63, 3.8) is 0 Å². The second-order valence-electron chi connectivity index (χ2n) is 11.1. The highest BCUT2D eigenvalue weighted by atomic mass is 32.1. The fraction of sp³-hybridized carbons (Fsp3) is 0.290. The summed E-state index contributed by atoms with van der Waals surface area (Å²) in [5.74, 6) is 0.635. The zero-order valence-corrected chi connectivity index (χ0v) is 22.0. The van der Waals surface area contributed by atoms with Gasteiger partial charge in [-0.3, -0.25) is 0 Å². The summed E-state index contributed by atoms with van der Waals surface area (Å²) in [6.07, 6.45) is 2.73. The second-order valence-corrected chi connectivity index (χ2v) is 12.2. The summed E-state index contributed by atoms with van der Waals surface area (Å²) in [6, 6.07) is 17.7. The molecule has 0 amide bonds. The van der Waals surface area contributed by atoms with Crippen molar-refractivity contribution in [3.8, 4) is 11.3 Å². The molecule has 0 spiro atoms. The van der Waals surface area contributed by atoms with Crippen LogP contribution in [0.15, 0.2) is 59.3 Å². The molecule has 0 aliphatic heterocycles. The molecule has 3 heterocycles.